The van der Waals surface area contributed by atoms with Crippen LogP contribution in [0, 0.1) is 0 Å². The minimum absolute atomic E-state index is 0.0132. The van der Waals surface area contributed by atoms with Crippen LogP contribution in [0.25, 0.3) is 0 Å². The number of rotatable bonds is 4. The summed E-state index contributed by atoms with van der Waals surface area (Å²) < 4.78 is 40.0. The van der Waals surface area contributed by atoms with Crippen molar-refractivity contribution in [3.05, 3.63) is 54.1 Å². The maximum Gasteiger partial charge on any atom is 0.489 e. The highest BCUT2D eigenvalue weighted by Crippen LogP contribution is 2.37. The van der Waals surface area contributed by atoms with Gasteiger partial charge in [0.1, 0.15) is 0 Å². The molecule has 0 aliphatic carbocycles. The van der Waals surface area contributed by atoms with E-state index in [-0.39, 0.29) is 28.6 Å². The Hall–Kier alpha value is -2.21. The number of nitrogens with two attached hydrogens (primary N) is 1. The maximum atomic E-state index is 13.3. The van der Waals surface area contributed by atoms with Crippen molar-refractivity contribution in [2.45, 2.75) is 12.7 Å². The summed E-state index contributed by atoms with van der Waals surface area (Å²) in [4.78, 5) is 0.270. The van der Waals surface area contributed by atoms with Crippen LogP contribution in [0.1, 0.15) is 5.56 Å². The van der Waals surface area contributed by atoms with E-state index in [1.54, 1.807) is 6.07 Å². The molecule has 0 unspecified atom stereocenters. The molecule has 0 heterocycles. The number of hydrogen-bond donors (Lipinski definition) is 2. The van der Waals surface area contributed by atoms with Crippen LogP contribution in [-0.2, 0) is 6.42 Å². The molecule has 2 aromatic carbocycles. The first-order valence-corrected chi connectivity index (χ1v) is 6.34. The number of alkyl halides is 3. The molecule has 112 valence electrons. The lowest BCUT2D eigenvalue weighted by molar-refractivity contribution is -0.120. The summed E-state index contributed by atoms with van der Waals surface area (Å²) in [7, 11) is 0. The zero-order chi connectivity index (χ0) is 15.5. The Labute approximate surface area is 120 Å². The van der Waals surface area contributed by atoms with Gasteiger partial charge in [-0.25, -0.2) is 0 Å². The Morgan fingerprint density at radius 2 is 1.67 bits per heavy atom. The molecule has 21 heavy (non-hydrogen) atoms. The third kappa shape index (κ3) is 3.46. The molecule has 0 fully saturated rings. The summed E-state index contributed by atoms with van der Waals surface area (Å²) in [6.07, 6.45) is -4.25. The number of nitrogen functional groups attached to an aromatic ring is 1. The quantitative estimate of drug-likeness (QED) is 0.671. The standard InChI is InChI=1S/C15H15F3N2O/c16-15(17,18)20(12-4-2-1-3-5-12)13-7-6-11(8-9-21)14(19)10-13/h1-7,10,21H,8-9,19H2. The van der Waals surface area contributed by atoms with E-state index in [1.165, 1.54) is 42.5 Å². The van der Waals surface area contributed by atoms with Crippen molar-refractivity contribution in [2.75, 3.05) is 17.2 Å². The fourth-order valence-corrected chi connectivity index (χ4v) is 2.09. The molecular formula is C15H15F3N2O. The van der Waals surface area contributed by atoms with Gasteiger partial charge in [-0.05, 0) is 36.2 Å². The third-order valence-corrected chi connectivity index (χ3v) is 3.04. The van der Waals surface area contributed by atoms with E-state index >= 15 is 0 Å². The third-order valence-electron chi connectivity index (χ3n) is 3.04. The fraction of sp³-hybridized carbons (Fsp3) is 0.200. The van der Waals surface area contributed by atoms with Crippen molar-refractivity contribution in [2.24, 2.45) is 0 Å². The van der Waals surface area contributed by atoms with Crippen molar-refractivity contribution in [1.82, 2.24) is 0 Å². The molecule has 0 atom stereocenters. The molecule has 0 saturated carbocycles. The highest BCUT2D eigenvalue weighted by atomic mass is 19.4. The predicted molar refractivity (Wildman–Crippen MR) is 76.3 cm³/mol. The van der Waals surface area contributed by atoms with Gasteiger partial charge in [-0.15, -0.1) is 13.2 Å². The molecule has 3 nitrogen and oxygen atoms in total. The van der Waals surface area contributed by atoms with Gasteiger partial charge in [-0.2, -0.15) is 0 Å². The Balaban J connectivity index is 2.46. The minimum Gasteiger partial charge on any atom is -0.398 e. The van der Waals surface area contributed by atoms with E-state index in [1.807, 2.05) is 0 Å². The molecule has 2 rings (SSSR count). The summed E-state index contributed by atoms with van der Waals surface area (Å²) in [6.45, 7) is -0.106. The smallest absolute Gasteiger partial charge is 0.398 e. The Morgan fingerprint density at radius 3 is 2.19 bits per heavy atom. The molecule has 0 bridgehead atoms. The zero-order valence-corrected chi connectivity index (χ0v) is 11.1. The molecule has 2 aromatic rings. The first-order chi connectivity index (χ1) is 9.93. The Bertz CT molecular complexity index is 600. The molecule has 0 aliphatic rings. The molecule has 6 heteroatoms. The molecule has 0 aliphatic heterocycles. The molecule has 0 saturated heterocycles. The number of nitrogens with zero attached hydrogens (tertiary/aromatic N) is 1. The monoisotopic (exact) mass is 296 g/mol. The normalized spacial score (nSPS) is 11.4. The van der Waals surface area contributed by atoms with Gasteiger partial charge in [-0.1, -0.05) is 24.3 Å². The van der Waals surface area contributed by atoms with E-state index in [9.17, 15) is 13.2 Å². The second kappa shape index (κ2) is 6.05. The molecule has 0 aromatic heterocycles. The van der Waals surface area contributed by atoms with Crippen LogP contribution < -0.4 is 10.6 Å². The highest BCUT2D eigenvalue weighted by Gasteiger charge is 2.38. The van der Waals surface area contributed by atoms with Gasteiger partial charge in [0.25, 0.3) is 0 Å². The van der Waals surface area contributed by atoms with Gasteiger partial charge in [0.2, 0.25) is 0 Å². The topological polar surface area (TPSA) is 49.5 Å². The van der Waals surface area contributed by atoms with Crippen molar-refractivity contribution in [3.8, 4) is 0 Å². The van der Waals surface area contributed by atoms with Crippen LogP contribution in [0.3, 0.4) is 0 Å². The summed E-state index contributed by atoms with van der Waals surface area (Å²) in [5, 5.41) is 8.88. The van der Waals surface area contributed by atoms with Crippen LogP contribution >= 0.6 is 0 Å². The fourth-order valence-electron chi connectivity index (χ4n) is 2.09. The van der Waals surface area contributed by atoms with Crippen molar-refractivity contribution in [1.29, 1.82) is 0 Å². The van der Waals surface area contributed by atoms with E-state index < -0.39 is 6.30 Å². The van der Waals surface area contributed by atoms with Gasteiger partial charge in [-0.3, -0.25) is 4.90 Å². The van der Waals surface area contributed by atoms with Crippen LogP contribution in [0.4, 0.5) is 30.2 Å². The molecule has 0 amide bonds. The number of aliphatic hydroxyl groups excluding tert-OH is 1. The van der Waals surface area contributed by atoms with E-state index in [2.05, 4.69) is 0 Å². The second-order valence-electron chi connectivity index (χ2n) is 4.50. The first-order valence-electron chi connectivity index (χ1n) is 6.34. The van der Waals surface area contributed by atoms with Crippen LogP contribution in [0.15, 0.2) is 48.5 Å². The summed E-state index contributed by atoms with van der Waals surface area (Å²) >= 11 is 0. The number of hydrogen-bond acceptors (Lipinski definition) is 3. The maximum absolute atomic E-state index is 13.3. The highest BCUT2D eigenvalue weighted by molar-refractivity contribution is 5.68. The average Bonchev–Trinajstić information content (AvgIpc) is 2.42. The summed E-state index contributed by atoms with van der Waals surface area (Å²) in [5.74, 6) is 0. The number of para-hydroxylation sites is 1. The van der Waals surface area contributed by atoms with E-state index in [0.29, 0.717) is 12.0 Å². The molecule has 3 N–H and O–H groups in total. The largest absolute Gasteiger partial charge is 0.489 e. The van der Waals surface area contributed by atoms with Crippen molar-refractivity contribution < 1.29 is 18.3 Å². The van der Waals surface area contributed by atoms with Crippen LogP contribution in [-0.4, -0.2) is 18.0 Å². The second-order valence-corrected chi connectivity index (χ2v) is 4.50. The minimum atomic E-state index is -4.56. The van der Waals surface area contributed by atoms with E-state index in [0.717, 1.165) is 0 Å². The van der Waals surface area contributed by atoms with Crippen LogP contribution in [0.5, 0.6) is 0 Å². The van der Waals surface area contributed by atoms with Gasteiger partial charge in [0.05, 0.1) is 5.69 Å². The first kappa shape index (κ1) is 15.2. The van der Waals surface area contributed by atoms with Crippen molar-refractivity contribution >= 4 is 17.1 Å². The number of benzene rings is 2. The van der Waals surface area contributed by atoms with Gasteiger partial charge in [0, 0.05) is 18.0 Å². The average molecular weight is 296 g/mol. The van der Waals surface area contributed by atoms with Gasteiger partial charge >= 0.3 is 6.30 Å². The lowest BCUT2D eigenvalue weighted by atomic mass is 10.1. The van der Waals surface area contributed by atoms with E-state index in [4.69, 9.17) is 10.8 Å². The summed E-state index contributed by atoms with van der Waals surface area (Å²) in [5.41, 5.74) is 6.56. The molecular weight excluding hydrogens is 281 g/mol. The Kier molecular flexibility index (Phi) is 4.37. The predicted octanol–water partition coefficient (Wildman–Crippen LogP) is 3.46. The van der Waals surface area contributed by atoms with Gasteiger partial charge < -0.3 is 10.8 Å². The van der Waals surface area contributed by atoms with Crippen LogP contribution in [0.2, 0.25) is 0 Å². The number of anilines is 3. The zero-order valence-electron chi connectivity index (χ0n) is 11.1. The van der Waals surface area contributed by atoms with Gasteiger partial charge in [0.15, 0.2) is 0 Å². The number of halogens is 3. The SMILES string of the molecule is Nc1cc(N(c2ccccc2)C(F)(F)F)ccc1CCO. The lowest BCUT2D eigenvalue weighted by Crippen LogP contribution is -2.33. The molecule has 0 radical (unpaired) electrons. The Morgan fingerprint density at radius 1 is 1.00 bits per heavy atom. The molecule has 0 spiro atoms. The van der Waals surface area contributed by atoms with Crippen molar-refractivity contribution in [3.63, 3.8) is 0 Å². The lowest BCUT2D eigenvalue weighted by Gasteiger charge is -2.27. The number of aliphatic hydroxyl groups is 1. The summed E-state index contributed by atoms with van der Waals surface area (Å²) in [6, 6.07) is 11.6.